The molecule has 0 fully saturated rings. The predicted octanol–water partition coefficient (Wildman–Crippen LogP) is 5.95. The van der Waals surface area contributed by atoms with Crippen molar-refractivity contribution in [2.75, 3.05) is 5.32 Å². The highest BCUT2D eigenvalue weighted by atomic mass is 79.9. The van der Waals surface area contributed by atoms with Gasteiger partial charge in [0, 0.05) is 15.4 Å². The zero-order valence-corrected chi connectivity index (χ0v) is 15.1. The lowest BCUT2D eigenvalue weighted by molar-refractivity contribution is 0.102. The van der Waals surface area contributed by atoms with E-state index in [0.717, 1.165) is 26.2 Å². The van der Waals surface area contributed by atoms with Gasteiger partial charge < -0.3 is 5.32 Å². The molecule has 0 atom stereocenters. The number of amides is 1. The van der Waals surface area contributed by atoms with E-state index < -0.39 is 0 Å². The van der Waals surface area contributed by atoms with Crippen LogP contribution in [0.5, 0.6) is 0 Å². The van der Waals surface area contributed by atoms with Gasteiger partial charge in [-0.2, -0.15) is 0 Å². The summed E-state index contributed by atoms with van der Waals surface area (Å²) in [6.45, 7) is 3.98. The maximum Gasteiger partial charge on any atom is 0.256 e. The quantitative estimate of drug-likeness (QED) is 0.574. The number of benzene rings is 2. The van der Waals surface area contributed by atoms with Gasteiger partial charge in [0.1, 0.15) is 5.82 Å². The fraction of sp³-hybridized carbons (Fsp3) is 0.0526. The monoisotopic (exact) mass is 402 g/mol. The molecule has 1 aromatic heterocycles. The fourth-order valence-corrected chi connectivity index (χ4v) is 3.67. The van der Waals surface area contributed by atoms with Crippen LogP contribution in [0.1, 0.15) is 15.9 Å². The van der Waals surface area contributed by atoms with E-state index in [0.29, 0.717) is 12.0 Å². The Bertz CT molecular complexity index is 856. The van der Waals surface area contributed by atoms with Crippen molar-refractivity contribution in [3.8, 4) is 11.1 Å². The lowest BCUT2D eigenvalue weighted by Gasteiger charge is -2.08. The van der Waals surface area contributed by atoms with E-state index in [1.54, 1.807) is 0 Å². The molecule has 121 valence electrons. The minimum atomic E-state index is -0.362. The summed E-state index contributed by atoms with van der Waals surface area (Å²) >= 11 is 4.90. The average Bonchev–Trinajstić information content (AvgIpc) is 2.98. The number of carbonyl (C=O) groups excluding carboxylic acids is 1. The van der Waals surface area contributed by atoms with E-state index in [1.807, 2.05) is 29.6 Å². The van der Waals surface area contributed by atoms with Crippen LogP contribution in [0.15, 0.2) is 58.4 Å². The Hall–Kier alpha value is -1.98. The number of thiophene rings is 1. The number of carbonyl (C=O) groups is 1. The SMILES string of the molecule is [CH2]Cc1c(-c2ccc(Br)cc2)csc1NC(=O)c1ccc(F)cc1. The number of halogens is 2. The molecule has 3 rings (SSSR count). The molecule has 0 aliphatic rings. The third-order valence-electron chi connectivity index (χ3n) is 3.63. The summed E-state index contributed by atoms with van der Waals surface area (Å²) in [7, 11) is 0. The maximum absolute atomic E-state index is 13.0. The van der Waals surface area contributed by atoms with E-state index in [2.05, 4.69) is 28.2 Å². The number of nitrogens with one attached hydrogen (secondary N) is 1. The predicted molar refractivity (Wildman–Crippen MR) is 101 cm³/mol. The van der Waals surface area contributed by atoms with Gasteiger partial charge in [0.25, 0.3) is 5.91 Å². The molecular formula is C19H14BrFNOS. The second-order valence-electron chi connectivity index (χ2n) is 5.17. The number of rotatable bonds is 4. The first-order valence-corrected chi connectivity index (χ1v) is 8.98. The van der Waals surface area contributed by atoms with Crippen LogP contribution in [0.4, 0.5) is 9.39 Å². The normalized spacial score (nSPS) is 10.6. The van der Waals surface area contributed by atoms with Crippen LogP contribution >= 0.6 is 27.3 Å². The molecule has 1 heterocycles. The van der Waals surface area contributed by atoms with E-state index in [9.17, 15) is 9.18 Å². The highest BCUT2D eigenvalue weighted by molar-refractivity contribution is 9.10. The van der Waals surface area contributed by atoms with Gasteiger partial charge in [0.05, 0.1) is 5.00 Å². The Kier molecular flexibility index (Phi) is 5.11. The summed E-state index contributed by atoms with van der Waals surface area (Å²) in [5.41, 5.74) is 3.56. The lowest BCUT2D eigenvalue weighted by Crippen LogP contribution is -2.12. The van der Waals surface area contributed by atoms with Gasteiger partial charge in [0.2, 0.25) is 0 Å². The Morgan fingerprint density at radius 1 is 1.12 bits per heavy atom. The molecule has 1 amide bonds. The van der Waals surface area contributed by atoms with Crippen LogP contribution in [0.3, 0.4) is 0 Å². The van der Waals surface area contributed by atoms with Gasteiger partial charge in [0.15, 0.2) is 0 Å². The van der Waals surface area contributed by atoms with Crippen molar-refractivity contribution in [3.63, 3.8) is 0 Å². The van der Waals surface area contributed by atoms with Gasteiger partial charge in [-0.05, 0) is 66.4 Å². The maximum atomic E-state index is 13.0. The molecule has 0 spiro atoms. The number of hydrogen-bond acceptors (Lipinski definition) is 2. The van der Waals surface area contributed by atoms with Crippen LogP contribution in [0.2, 0.25) is 0 Å². The van der Waals surface area contributed by atoms with Crippen LogP contribution < -0.4 is 5.32 Å². The lowest BCUT2D eigenvalue weighted by atomic mass is 10.0. The van der Waals surface area contributed by atoms with E-state index in [-0.39, 0.29) is 11.7 Å². The highest BCUT2D eigenvalue weighted by Gasteiger charge is 2.15. The molecule has 0 aliphatic heterocycles. The van der Waals surface area contributed by atoms with Crippen LogP contribution in [-0.4, -0.2) is 5.91 Å². The summed E-state index contributed by atoms with van der Waals surface area (Å²) < 4.78 is 14.0. The van der Waals surface area contributed by atoms with Crippen molar-refractivity contribution in [2.45, 2.75) is 6.42 Å². The van der Waals surface area contributed by atoms with Crippen molar-refractivity contribution in [1.29, 1.82) is 0 Å². The average molecular weight is 403 g/mol. The first kappa shape index (κ1) is 16.9. The van der Waals surface area contributed by atoms with E-state index in [1.165, 1.54) is 35.6 Å². The summed E-state index contributed by atoms with van der Waals surface area (Å²) in [5.74, 6) is -0.618. The van der Waals surface area contributed by atoms with Crippen LogP contribution in [0, 0.1) is 12.7 Å². The molecule has 0 unspecified atom stereocenters. The van der Waals surface area contributed by atoms with Gasteiger partial charge in [-0.25, -0.2) is 4.39 Å². The smallest absolute Gasteiger partial charge is 0.256 e. The molecule has 2 nitrogen and oxygen atoms in total. The van der Waals surface area contributed by atoms with Crippen molar-refractivity contribution in [2.24, 2.45) is 0 Å². The van der Waals surface area contributed by atoms with Crippen molar-refractivity contribution in [1.82, 2.24) is 0 Å². The van der Waals surface area contributed by atoms with Crippen molar-refractivity contribution in [3.05, 3.63) is 82.3 Å². The molecule has 2 aromatic carbocycles. The highest BCUT2D eigenvalue weighted by Crippen LogP contribution is 2.36. The molecule has 24 heavy (non-hydrogen) atoms. The second kappa shape index (κ2) is 7.28. The van der Waals surface area contributed by atoms with Gasteiger partial charge in [-0.3, -0.25) is 4.79 Å². The Balaban J connectivity index is 1.88. The summed E-state index contributed by atoms with van der Waals surface area (Å²) in [6.07, 6.45) is 0.563. The Morgan fingerprint density at radius 2 is 1.79 bits per heavy atom. The summed E-state index contributed by atoms with van der Waals surface area (Å²) in [4.78, 5) is 12.3. The molecule has 0 saturated heterocycles. The summed E-state index contributed by atoms with van der Waals surface area (Å²) in [5, 5.41) is 5.70. The Labute approximate surface area is 152 Å². The number of anilines is 1. The van der Waals surface area contributed by atoms with Crippen LogP contribution in [0.25, 0.3) is 11.1 Å². The molecule has 1 N–H and O–H groups in total. The fourth-order valence-electron chi connectivity index (χ4n) is 2.38. The third kappa shape index (κ3) is 3.57. The van der Waals surface area contributed by atoms with Crippen LogP contribution in [-0.2, 0) is 6.42 Å². The van der Waals surface area contributed by atoms with Crippen molar-refractivity contribution >= 4 is 38.2 Å². The minimum absolute atomic E-state index is 0.256. The molecule has 5 heteroatoms. The van der Waals surface area contributed by atoms with Gasteiger partial charge in [-0.1, -0.05) is 28.1 Å². The first-order chi connectivity index (χ1) is 11.6. The van der Waals surface area contributed by atoms with Gasteiger partial charge >= 0.3 is 0 Å². The largest absolute Gasteiger partial charge is 0.313 e. The zero-order chi connectivity index (χ0) is 17.1. The van der Waals surface area contributed by atoms with Gasteiger partial charge in [-0.15, -0.1) is 11.3 Å². The molecule has 3 aromatic rings. The molecular weight excluding hydrogens is 389 g/mol. The summed E-state index contributed by atoms with van der Waals surface area (Å²) in [6, 6.07) is 13.5. The molecule has 0 aliphatic carbocycles. The first-order valence-electron chi connectivity index (χ1n) is 7.31. The number of hydrogen-bond donors (Lipinski definition) is 1. The Morgan fingerprint density at radius 3 is 2.42 bits per heavy atom. The van der Waals surface area contributed by atoms with Crippen molar-refractivity contribution < 1.29 is 9.18 Å². The minimum Gasteiger partial charge on any atom is -0.313 e. The zero-order valence-electron chi connectivity index (χ0n) is 12.7. The second-order valence-corrected chi connectivity index (χ2v) is 6.97. The molecule has 0 saturated carbocycles. The van der Waals surface area contributed by atoms with E-state index >= 15 is 0 Å². The molecule has 0 bridgehead atoms. The van der Waals surface area contributed by atoms with E-state index in [4.69, 9.17) is 0 Å². The molecule has 1 radical (unpaired) electrons. The third-order valence-corrected chi connectivity index (χ3v) is 5.10. The topological polar surface area (TPSA) is 29.1 Å². The standard InChI is InChI=1S/C19H14BrFNOS/c1-2-16-17(12-3-7-14(20)8-4-12)11-24-19(16)22-18(23)13-5-9-15(21)10-6-13/h3-11H,1-2H2,(H,22,23).